The van der Waals surface area contributed by atoms with E-state index in [1.165, 1.54) is 12.8 Å². The highest BCUT2D eigenvalue weighted by molar-refractivity contribution is 9.10. The first-order valence-electron chi connectivity index (χ1n) is 6.72. The molecule has 5 heteroatoms. The fraction of sp³-hybridized carbons (Fsp3) is 0.571. The zero-order chi connectivity index (χ0) is 13.7. The number of nitrogens with zero attached hydrogens (tertiary/aromatic N) is 1. The summed E-state index contributed by atoms with van der Waals surface area (Å²) < 4.78 is 0.528. The number of hydrogen-bond acceptors (Lipinski definition) is 3. The molecular formula is C14H19BrN2O2. The van der Waals surface area contributed by atoms with Gasteiger partial charge in [0.15, 0.2) is 0 Å². The van der Waals surface area contributed by atoms with E-state index in [0.29, 0.717) is 16.7 Å². The number of amides is 1. The maximum atomic E-state index is 12.0. The van der Waals surface area contributed by atoms with E-state index in [9.17, 15) is 9.90 Å². The first kappa shape index (κ1) is 14.5. The number of halogens is 1. The van der Waals surface area contributed by atoms with E-state index < -0.39 is 5.60 Å². The third-order valence-corrected chi connectivity index (χ3v) is 4.25. The normalized spacial score (nSPS) is 18.6. The standard InChI is InChI=1S/C14H19BrN2O2/c15-12-11(6-5-9-16-12)13(18)17-10-14(19)7-3-1-2-4-8-14/h5-6,9,19H,1-4,7-8,10H2,(H,17,18). The van der Waals surface area contributed by atoms with E-state index >= 15 is 0 Å². The van der Waals surface area contributed by atoms with Crippen molar-refractivity contribution in [1.82, 2.24) is 10.3 Å². The summed E-state index contributed by atoms with van der Waals surface area (Å²) in [6.07, 6.45) is 7.56. The number of rotatable bonds is 3. The molecule has 1 heterocycles. The van der Waals surface area contributed by atoms with Gasteiger partial charge in [0.1, 0.15) is 4.60 Å². The van der Waals surface area contributed by atoms with Gasteiger partial charge in [0.25, 0.3) is 5.91 Å². The Balaban J connectivity index is 1.94. The van der Waals surface area contributed by atoms with Crippen LogP contribution in [-0.4, -0.2) is 28.1 Å². The highest BCUT2D eigenvalue weighted by Crippen LogP contribution is 2.26. The number of aromatic nitrogens is 1. The Morgan fingerprint density at radius 2 is 2.05 bits per heavy atom. The average molecular weight is 327 g/mol. The minimum Gasteiger partial charge on any atom is -0.388 e. The number of carbonyl (C=O) groups excluding carboxylic acids is 1. The Kier molecular flexibility index (Phi) is 4.93. The van der Waals surface area contributed by atoms with E-state index in [-0.39, 0.29) is 5.91 Å². The van der Waals surface area contributed by atoms with Gasteiger partial charge in [-0.1, -0.05) is 25.7 Å². The van der Waals surface area contributed by atoms with Crippen LogP contribution in [0.5, 0.6) is 0 Å². The second kappa shape index (κ2) is 6.48. The number of hydrogen-bond donors (Lipinski definition) is 2. The van der Waals surface area contributed by atoms with Crippen molar-refractivity contribution in [2.45, 2.75) is 44.1 Å². The minimum atomic E-state index is -0.749. The lowest BCUT2D eigenvalue weighted by molar-refractivity contribution is 0.0246. The van der Waals surface area contributed by atoms with Gasteiger partial charge in [-0.25, -0.2) is 4.98 Å². The lowest BCUT2D eigenvalue weighted by Crippen LogP contribution is -2.42. The monoisotopic (exact) mass is 326 g/mol. The third-order valence-electron chi connectivity index (χ3n) is 3.62. The fourth-order valence-corrected chi connectivity index (χ4v) is 2.89. The van der Waals surface area contributed by atoms with Crippen molar-refractivity contribution in [2.75, 3.05) is 6.54 Å². The second-order valence-electron chi connectivity index (χ2n) is 5.16. The fourth-order valence-electron chi connectivity index (χ4n) is 2.46. The quantitative estimate of drug-likeness (QED) is 0.663. The van der Waals surface area contributed by atoms with Gasteiger partial charge in [-0.3, -0.25) is 4.79 Å². The lowest BCUT2D eigenvalue weighted by atomic mass is 9.94. The van der Waals surface area contributed by atoms with Crippen LogP contribution in [0.3, 0.4) is 0 Å². The van der Waals surface area contributed by atoms with Gasteiger partial charge in [-0.15, -0.1) is 0 Å². The third kappa shape index (κ3) is 4.01. The predicted molar refractivity (Wildman–Crippen MR) is 76.9 cm³/mol. The van der Waals surface area contributed by atoms with Crippen molar-refractivity contribution in [1.29, 1.82) is 0 Å². The maximum Gasteiger partial charge on any atom is 0.254 e. The zero-order valence-electron chi connectivity index (χ0n) is 10.9. The average Bonchev–Trinajstić information content (AvgIpc) is 2.62. The molecule has 1 aliphatic rings. The molecule has 1 aliphatic carbocycles. The largest absolute Gasteiger partial charge is 0.388 e. The summed E-state index contributed by atoms with van der Waals surface area (Å²) in [6, 6.07) is 3.43. The first-order chi connectivity index (χ1) is 9.11. The van der Waals surface area contributed by atoms with Crippen LogP contribution in [0.25, 0.3) is 0 Å². The summed E-state index contributed by atoms with van der Waals surface area (Å²) in [6.45, 7) is 0.313. The van der Waals surface area contributed by atoms with Gasteiger partial charge < -0.3 is 10.4 Å². The molecule has 4 nitrogen and oxygen atoms in total. The first-order valence-corrected chi connectivity index (χ1v) is 7.51. The Bertz CT molecular complexity index is 443. The molecule has 0 aromatic carbocycles. The lowest BCUT2D eigenvalue weighted by Gasteiger charge is -2.26. The molecule has 1 fully saturated rings. The summed E-state index contributed by atoms with van der Waals surface area (Å²) in [5, 5.41) is 13.3. The van der Waals surface area contributed by atoms with Crippen molar-refractivity contribution in [3.8, 4) is 0 Å². The Morgan fingerprint density at radius 1 is 1.37 bits per heavy atom. The molecule has 0 radical (unpaired) electrons. The molecule has 0 atom stereocenters. The molecule has 2 rings (SSSR count). The van der Waals surface area contributed by atoms with E-state index in [1.54, 1.807) is 18.3 Å². The smallest absolute Gasteiger partial charge is 0.254 e. The predicted octanol–water partition coefficient (Wildman–Crippen LogP) is 2.66. The molecule has 0 bridgehead atoms. The Hall–Kier alpha value is -0.940. The van der Waals surface area contributed by atoms with Crippen LogP contribution < -0.4 is 5.32 Å². The van der Waals surface area contributed by atoms with Gasteiger partial charge in [0.05, 0.1) is 11.2 Å². The van der Waals surface area contributed by atoms with Crippen LogP contribution >= 0.6 is 15.9 Å². The SMILES string of the molecule is O=C(NCC1(O)CCCCCC1)c1cccnc1Br. The number of nitrogens with one attached hydrogen (secondary N) is 1. The summed E-state index contributed by atoms with van der Waals surface area (Å²) in [7, 11) is 0. The van der Waals surface area contributed by atoms with Crippen LogP contribution in [0.15, 0.2) is 22.9 Å². The Morgan fingerprint density at radius 3 is 2.68 bits per heavy atom. The van der Waals surface area contributed by atoms with Gasteiger partial charge in [-0.05, 0) is 40.9 Å². The van der Waals surface area contributed by atoms with Crippen molar-refractivity contribution >= 4 is 21.8 Å². The molecule has 0 unspecified atom stereocenters. The second-order valence-corrected chi connectivity index (χ2v) is 5.91. The number of pyridine rings is 1. The number of aliphatic hydroxyl groups is 1. The molecule has 1 saturated carbocycles. The topological polar surface area (TPSA) is 62.2 Å². The summed E-state index contributed by atoms with van der Waals surface area (Å²) in [5.74, 6) is -0.197. The van der Waals surface area contributed by atoms with Crippen LogP contribution in [0.1, 0.15) is 48.9 Å². The van der Waals surface area contributed by atoms with E-state index in [4.69, 9.17) is 0 Å². The van der Waals surface area contributed by atoms with E-state index in [0.717, 1.165) is 25.7 Å². The van der Waals surface area contributed by atoms with E-state index in [1.807, 2.05) is 0 Å². The van der Waals surface area contributed by atoms with Crippen molar-refractivity contribution in [3.63, 3.8) is 0 Å². The molecule has 2 N–H and O–H groups in total. The van der Waals surface area contributed by atoms with Gasteiger partial charge >= 0.3 is 0 Å². The molecule has 1 aromatic heterocycles. The molecule has 0 aliphatic heterocycles. The van der Waals surface area contributed by atoms with Gasteiger partial charge in [0.2, 0.25) is 0 Å². The highest BCUT2D eigenvalue weighted by Gasteiger charge is 2.28. The number of carbonyl (C=O) groups is 1. The molecular weight excluding hydrogens is 308 g/mol. The maximum absolute atomic E-state index is 12.0. The molecule has 0 spiro atoms. The van der Waals surface area contributed by atoms with Crippen molar-refractivity contribution < 1.29 is 9.90 Å². The summed E-state index contributed by atoms with van der Waals surface area (Å²) >= 11 is 3.25. The van der Waals surface area contributed by atoms with Crippen LogP contribution in [0.4, 0.5) is 0 Å². The van der Waals surface area contributed by atoms with Crippen molar-refractivity contribution in [3.05, 3.63) is 28.5 Å². The summed E-state index contributed by atoms with van der Waals surface area (Å²) in [5.41, 5.74) is -0.249. The van der Waals surface area contributed by atoms with Gasteiger partial charge in [-0.2, -0.15) is 0 Å². The van der Waals surface area contributed by atoms with Gasteiger partial charge in [0, 0.05) is 12.7 Å². The zero-order valence-corrected chi connectivity index (χ0v) is 12.4. The summed E-state index contributed by atoms with van der Waals surface area (Å²) in [4.78, 5) is 16.1. The minimum absolute atomic E-state index is 0.197. The molecule has 0 saturated heterocycles. The van der Waals surface area contributed by atoms with Crippen LogP contribution in [-0.2, 0) is 0 Å². The Labute approximate surface area is 121 Å². The molecule has 1 amide bonds. The molecule has 1 aromatic rings. The van der Waals surface area contributed by atoms with E-state index in [2.05, 4.69) is 26.2 Å². The van der Waals surface area contributed by atoms with Crippen molar-refractivity contribution in [2.24, 2.45) is 0 Å². The molecule has 104 valence electrons. The molecule has 19 heavy (non-hydrogen) atoms. The highest BCUT2D eigenvalue weighted by atomic mass is 79.9. The van der Waals surface area contributed by atoms with Crippen LogP contribution in [0.2, 0.25) is 0 Å². The van der Waals surface area contributed by atoms with Crippen LogP contribution in [0, 0.1) is 0 Å².